The summed E-state index contributed by atoms with van der Waals surface area (Å²) in [7, 11) is 0. The number of hydrogen-bond donors (Lipinski definition) is 1. The molecular formula is C17H23N5O. The maximum Gasteiger partial charge on any atom is 0.174 e. The molecule has 1 unspecified atom stereocenters. The van der Waals surface area contributed by atoms with E-state index < -0.39 is 0 Å². The normalized spacial score (nSPS) is 24.0. The molecule has 1 spiro atoms. The molecule has 0 saturated carbocycles. The van der Waals surface area contributed by atoms with Gasteiger partial charge in [-0.2, -0.15) is 5.21 Å². The number of ether oxygens (including phenoxy) is 1. The SMILES string of the molecule is c1ccc(N2CCC3(CCC(Cc4nn[nH]n4)CO3)CC2)cc1. The summed E-state index contributed by atoms with van der Waals surface area (Å²) in [5.74, 6) is 1.32. The zero-order valence-electron chi connectivity index (χ0n) is 13.3. The van der Waals surface area contributed by atoms with Crippen LogP contribution in [-0.4, -0.2) is 45.9 Å². The minimum Gasteiger partial charge on any atom is -0.375 e. The fourth-order valence-corrected chi connectivity index (χ4v) is 3.81. The van der Waals surface area contributed by atoms with Crippen molar-refractivity contribution in [2.75, 3.05) is 24.6 Å². The van der Waals surface area contributed by atoms with Crippen LogP contribution in [0.15, 0.2) is 30.3 Å². The average Bonchev–Trinajstić information content (AvgIpc) is 3.12. The first-order valence-electron chi connectivity index (χ1n) is 8.49. The van der Waals surface area contributed by atoms with E-state index in [2.05, 4.69) is 55.9 Å². The van der Waals surface area contributed by atoms with Gasteiger partial charge in [0.25, 0.3) is 0 Å². The van der Waals surface area contributed by atoms with Crippen LogP contribution in [0.25, 0.3) is 0 Å². The lowest BCUT2D eigenvalue weighted by Crippen LogP contribution is -2.49. The van der Waals surface area contributed by atoms with E-state index >= 15 is 0 Å². The highest BCUT2D eigenvalue weighted by Crippen LogP contribution is 2.38. The molecule has 0 radical (unpaired) electrons. The number of H-pyrrole nitrogens is 1. The van der Waals surface area contributed by atoms with E-state index in [0.29, 0.717) is 5.92 Å². The van der Waals surface area contributed by atoms with Crippen LogP contribution in [0, 0.1) is 5.92 Å². The van der Waals surface area contributed by atoms with Gasteiger partial charge in [0.1, 0.15) is 0 Å². The highest BCUT2D eigenvalue weighted by molar-refractivity contribution is 5.46. The fourth-order valence-electron chi connectivity index (χ4n) is 3.81. The minimum atomic E-state index is 0.0963. The van der Waals surface area contributed by atoms with Gasteiger partial charge < -0.3 is 9.64 Å². The maximum absolute atomic E-state index is 6.34. The van der Waals surface area contributed by atoms with Gasteiger partial charge >= 0.3 is 0 Å². The molecular weight excluding hydrogens is 290 g/mol. The number of tetrazole rings is 1. The standard InChI is InChI=1S/C17H23N5O/c1-2-4-15(5-3-1)22-10-8-17(9-11-22)7-6-14(13-23-17)12-16-18-20-21-19-16/h1-5,14H,6-13H2,(H,18,19,20,21). The first kappa shape index (κ1) is 14.6. The van der Waals surface area contributed by atoms with Crippen molar-refractivity contribution in [3.63, 3.8) is 0 Å². The highest BCUT2D eigenvalue weighted by Gasteiger charge is 2.39. The summed E-state index contributed by atoms with van der Waals surface area (Å²) in [6.45, 7) is 2.99. The Kier molecular flexibility index (Phi) is 3.99. The Morgan fingerprint density at radius 2 is 2.00 bits per heavy atom. The second-order valence-electron chi connectivity index (χ2n) is 6.75. The number of anilines is 1. The Labute approximate surface area is 136 Å². The summed E-state index contributed by atoms with van der Waals surface area (Å²) < 4.78 is 6.34. The molecule has 1 atom stereocenters. The van der Waals surface area contributed by atoms with Crippen LogP contribution < -0.4 is 4.90 Å². The first-order chi connectivity index (χ1) is 11.3. The third-order valence-corrected chi connectivity index (χ3v) is 5.29. The van der Waals surface area contributed by atoms with E-state index in [9.17, 15) is 0 Å². The van der Waals surface area contributed by atoms with Crippen molar-refractivity contribution in [2.24, 2.45) is 5.92 Å². The molecule has 1 aromatic carbocycles. The van der Waals surface area contributed by atoms with Gasteiger partial charge in [0.15, 0.2) is 5.82 Å². The van der Waals surface area contributed by atoms with Crippen LogP contribution in [0.4, 0.5) is 5.69 Å². The molecule has 122 valence electrons. The number of aromatic nitrogens is 4. The lowest BCUT2D eigenvalue weighted by molar-refractivity contribution is -0.113. The van der Waals surface area contributed by atoms with Crippen LogP contribution in [0.1, 0.15) is 31.5 Å². The molecule has 2 aliphatic rings. The fraction of sp³-hybridized carbons (Fsp3) is 0.588. The van der Waals surface area contributed by atoms with Gasteiger partial charge in [-0.3, -0.25) is 0 Å². The van der Waals surface area contributed by atoms with Crippen molar-refractivity contribution in [3.8, 4) is 0 Å². The monoisotopic (exact) mass is 313 g/mol. The van der Waals surface area contributed by atoms with E-state index in [1.807, 2.05) is 0 Å². The van der Waals surface area contributed by atoms with Gasteiger partial charge in [-0.25, -0.2) is 0 Å². The van der Waals surface area contributed by atoms with E-state index in [1.54, 1.807) is 0 Å². The molecule has 1 N–H and O–H groups in total. The minimum absolute atomic E-state index is 0.0963. The Balaban J connectivity index is 1.30. The van der Waals surface area contributed by atoms with Gasteiger partial charge in [0, 0.05) is 25.2 Å². The smallest absolute Gasteiger partial charge is 0.174 e. The Hall–Kier alpha value is -1.95. The summed E-state index contributed by atoms with van der Waals surface area (Å²) in [5.41, 5.74) is 1.42. The third kappa shape index (κ3) is 3.22. The molecule has 4 rings (SSSR count). The quantitative estimate of drug-likeness (QED) is 0.941. The van der Waals surface area contributed by atoms with Crippen LogP contribution >= 0.6 is 0 Å². The highest BCUT2D eigenvalue weighted by atomic mass is 16.5. The molecule has 2 aliphatic heterocycles. The van der Waals surface area contributed by atoms with Crippen molar-refractivity contribution in [1.82, 2.24) is 20.6 Å². The zero-order valence-corrected chi connectivity index (χ0v) is 13.3. The molecule has 2 saturated heterocycles. The molecule has 6 heteroatoms. The lowest BCUT2D eigenvalue weighted by Gasteiger charge is -2.46. The largest absolute Gasteiger partial charge is 0.375 e. The van der Waals surface area contributed by atoms with E-state index in [1.165, 1.54) is 12.1 Å². The second-order valence-corrected chi connectivity index (χ2v) is 6.75. The number of nitrogens with one attached hydrogen (secondary N) is 1. The van der Waals surface area contributed by atoms with Gasteiger partial charge in [-0.15, -0.1) is 10.2 Å². The van der Waals surface area contributed by atoms with Crippen molar-refractivity contribution in [3.05, 3.63) is 36.2 Å². The molecule has 3 heterocycles. The predicted octanol–water partition coefficient (Wildman–Crippen LogP) is 2.21. The van der Waals surface area contributed by atoms with E-state index in [0.717, 1.165) is 51.2 Å². The molecule has 0 amide bonds. The van der Waals surface area contributed by atoms with Gasteiger partial charge in [-0.1, -0.05) is 23.4 Å². The number of benzene rings is 1. The number of aromatic amines is 1. The Morgan fingerprint density at radius 1 is 1.17 bits per heavy atom. The van der Waals surface area contributed by atoms with Crippen molar-refractivity contribution < 1.29 is 4.74 Å². The summed E-state index contributed by atoms with van der Waals surface area (Å²) in [4.78, 5) is 2.47. The molecule has 6 nitrogen and oxygen atoms in total. The molecule has 2 fully saturated rings. The van der Waals surface area contributed by atoms with E-state index in [4.69, 9.17) is 4.74 Å². The van der Waals surface area contributed by atoms with Crippen LogP contribution in [-0.2, 0) is 11.2 Å². The predicted molar refractivity (Wildman–Crippen MR) is 87.2 cm³/mol. The average molecular weight is 313 g/mol. The molecule has 23 heavy (non-hydrogen) atoms. The second kappa shape index (κ2) is 6.28. The maximum atomic E-state index is 6.34. The van der Waals surface area contributed by atoms with E-state index in [-0.39, 0.29) is 5.60 Å². The number of para-hydroxylation sites is 1. The number of rotatable bonds is 3. The Morgan fingerprint density at radius 3 is 2.65 bits per heavy atom. The number of piperidine rings is 1. The molecule has 1 aromatic heterocycles. The van der Waals surface area contributed by atoms with Gasteiger partial charge in [0.05, 0.1) is 12.2 Å². The first-order valence-corrected chi connectivity index (χ1v) is 8.49. The van der Waals surface area contributed by atoms with Crippen molar-refractivity contribution in [1.29, 1.82) is 0 Å². The van der Waals surface area contributed by atoms with Crippen LogP contribution in [0.5, 0.6) is 0 Å². The number of nitrogens with zero attached hydrogens (tertiary/aromatic N) is 4. The topological polar surface area (TPSA) is 66.9 Å². The van der Waals surface area contributed by atoms with Crippen LogP contribution in [0.3, 0.4) is 0 Å². The Bertz CT molecular complexity index is 597. The third-order valence-electron chi connectivity index (χ3n) is 5.29. The van der Waals surface area contributed by atoms with Crippen molar-refractivity contribution >= 4 is 5.69 Å². The van der Waals surface area contributed by atoms with Crippen molar-refractivity contribution in [2.45, 2.75) is 37.7 Å². The summed E-state index contributed by atoms with van der Waals surface area (Å²) in [5, 5.41) is 14.2. The van der Waals surface area contributed by atoms with Gasteiger partial charge in [0.2, 0.25) is 0 Å². The molecule has 2 aromatic rings. The van der Waals surface area contributed by atoms with Crippen LogP contribution in [0.2, 0.25) is 0 Å². The zero-order chi connectivity index (χ0) is 15.5. The molecule has 0 bridgehead atoms. The lowest BCUT2D eigenvalue weighted by atomic mass is 9.81. The number of hydrogen-bond acceptors (Lipinski definition) is 5. The van der Waals surface area contributed by atoms with Gasteiger partial charge in [-0.05, 0) is 43.7 Å². The summed E-state index contributed by atoms with van der Waals surface area (Å²) >= 11 is 0. The summed E-state index contributed by atoms with van der Waals surface area (Å²) in [6.07, 6.45) is 5.45. The summed E-state index contributed by atoms with van der Waals surface area (Å²) in [6, 6.07) is 10.7. The molecule has 0 aliphatic carbocycles.